The van der Waals surface area contributed by atoms with E-state index >= 15 is 0 Å². The number of nitrogens with two attached hydrogens (primary N) is 1. The number of esters is 1. The van der Waals surface area contributed by atoms with Crippen LogP contribution in [0.15, 0.2) is 33.9 Å². The summed E-state index contributed by atoms with van der Waals surface area (Å²) in [5, 5.41) is 14.2. The Labute approximate surface area is 151 Å². The van der Waals surface area contributed by atoms with Gasteiger partial charge in [-0.25, -0.2) is 14.7 Å². The summed E-state index contributed by atoms with van der Waals surface area (Å²) in [4.78, 5) is 29.4. The maximum Gasteiger partial charge on any atom is 0.338 e. The van der Waals surface area contributed by atoms with Gasteiger partial charge < -0.3 is 21.1 Å². The number of carbonyl (C=O) groups excluding carboxylic acids is 2. The van der Waals surface area contributed by atoms with Crippen LogP contribution in [-0.4, -0.2) is 39.5 Å². The largest absolute Gasteiger partial charge is 0.463 e. The van der Waals surface area contributed by atoms with E-state index in [1.165, 1.54) is 23.1 Å². The predicted molar refractivity (Wildman–Crippen MR) is 93.9 cm³/mol. The Hall–Kier alpha value is -2.53. The molecular formula is C14H16N6O3S2. The van der Waals surface area contributed by atoms with E-state index in [0.29, 0.717) is 22.2 Å². The van der Waals surface area contributed by atoms with Crippen molar-refractivity contribution >= 4 is 41.0 Å². The SMILES string of the molecule is CCOC(=O)C1=C(CSc2n[nH]c(N)n2)NC(=O)NC1c1cccs1. The molecule has 1 atom stereocenters. The Morgan fingerprint density at radius 1 is 1.52 bits per heavy atom. The Morgan fingerprint density at radius 3 is 3.00 bits per heavy atom. The second-order valence-electron chi connectivity index (χ2n) is 4.95. The van der Waals surface area contributed by atoms with Crippen molar-refractivity contribution in [3.05, 3.63) is 33.7 Å². The smallest absolute Gasteiger partial charge is 0.338 e. The number of carbonyl (C=O) groups is 2. The van der Waals surface area contributed by atoms with Gasteiger partial charge in [-0.2, -0.15) is 4.98 Å². The zero-order chi connectivity index (χ0) is 17.8. The van der Waals surface area contributed by atoms with Gasteiger partial charge in [0.05, 0.1) is 18.2 Å². The van der Waals surface area contributed by atoms with Crippen LogP contribution < -0.4 is 16.4 Å². The van der Waals surface area contributed by atoms with Gasteiger partial charge in [0.15, 0.2) is 0 Å². The zero-order valence-corrected chi connectivity index (χ0v) is 14.9. The van der Waals surface area contributed by atoms with E-state index < -0.39 is 12.0 Å². The van der Waals surface area contributed by atoms with E-state index in [-0.39, 0.29) is 18.6 Å². The number of hydrogen-bond acceptors (Lipinski definition) is 8. The lowest BCUT2D eigenvalue weighted by molar-refractivity contribution is -0.139. The molecule has 0 bridgehead atoms. The van der Waals surface area contributed by atoms with Crippen LogP contribution in [0.3, 0.4) is 0 Å². The summed E-state index contributed by atoms with van der Waals surface area (Å²) in [6, 6.07) is 2.79. The quantitative estimate of drug-likeness (QED) is 0.439. The summed E-state index contributed by atoms with van der Waals surface area (Å²) in [5.41, 5.74) is 6.35. The number of thiophene rings is 1. The summed E-state index contributed by atoms with van der Waals surface area (Å²) in [7, 11) is 0. The van der Waals surface area contributed by atoms with Gasteiger partial charge in [-0.05, 0) is 18.4 Å². The molecule has 132 valence electrons. The first kappa shape index (κ1) is 17.3. The molecule has 0 aromatic carbocycles. The molecule has 2 aromatic rings. The fourth-order valence-electron chi connectivity index (χ4n) is 2.31. The lowest BCUT2D eigenvalue weighted by Crippen LogP contribution is -2.46. The van der Waals surface area contributed by atoms with Crippen molar-refractivity contribution in [1.29, 1.82) is 0 Å². The van der Waals surface area contributed by atoms with E-state index in [1.54, 1.807) is 6.92 Å². The van der Waals surface area contributed by atoms with Crippen molar-refractivity contribution in [1.82, 2.24) is 25.8 Å². The van der Waals surface area contributed by atoms with Crippen LogP contribution in [0.1, 0.15) is 17.8 Å². The number of anilines is 1. The van der Waals surface area contributed by atoms with E-state index in [2.05, 4.69) is 25.8 Å². The Balaban J connectivity index is 1.92. The number of ether oxygens (including phenoxy) is 1. The molecule has 25 heavy (non-hydrogen) atoms. The first-order chi connectivity index (χ1) is 12.1. The van der Waals surface area contributed by atoms with Crippen LogP contribution in [-0.2, 0) is 9.53 Å². The van der Waals surface area contributed by atoms with Crippen molar-refractivity contribution in [2.45, 2.75) is 18.1 Å². The first-order valence-electron chi connectivity index (χ1n) is 7.40. The molecule has 2 amide bonds. The number of nitrogen functional groups attached to an aromatic ring is 1. The molecule has 0 radical (unpaired) electrons. The highest BCUT2D eigenvalue weighted by Gasteiger charge is 2.34. The molecule has 1 aliphatic rings. The average Bonchev–Trinajstić information content (AvgIpc) is 3.24. The highest BCUT2D eigenvalue weighted by atomic mass is 32.2. The second-order valence-corrected chi connectivity index (χ2v) is 6.87. The first-order valence-corrected chi connectivity index (χ1v) is 9.26. The van der Waals surface area contributed by atoms with Gasteiger partial charge >= 0.3 is 12.0 Å². The van der Waals surface area contributed by atoms with Crippen molar-refractivity contribution < 1.29 is 14.3 Å². The van der Waals surface area contributed by atoms with Crippen molar-refractivity contribution in [3.8, 4) is 0 Å². The number of thioether (sulfide) groups is 1. The minimum atomic E-state index is -0.555. The number of rotatable bonds is 6. The molecule has 2 aromatic heterocycles. The summed E-state index contributed by atoms with van der Waals surface area (Å²) < 4.78 is 5.18. The molecule has 9 nitrogen and oxygen atoms in total. The van der Waals surface area contributed by atoms with Gasteiger partial charge in [0, 0.05) is 16.3 Å². The summed E-state index contributed by atoms with van der Waals surface area (Å²) in [6.07, 6.45) is 0. The standard InChI is InChI=1S/C14H16N6O3S2/c1-2-23-11(21)9-7(6-25-14-18-12(15)19-20-14)16-13(22)17-10(9)8-4-3-5-24-8/h3-5,10H,2,6H2,1H3,(H2,16,17,22)(H3,15,18,19,20). The number of aromatic amines is 1. The van der Waals surface area contributed by atoms with Crippen molar-refractivity contribution in [3.63, 3.8) is 0 Å². The van der Waals surface area contributed by atoms with Gasteiger partial charge in [-0.1, -0.05) is 17.8 Å². The molecule has 0 aliphatic carbocycles. The normalized spacial score (nSPS) is 17.2. The van der Waals surface area contributed by atoms with Crippen LogP contribution in [0.2, 0.25) is 0 Å². The lowest BCUT2D eigenvalue weighted by atomic mass is 10.0. The summed E-state index contributed by atoms with van der Waals surface area (Å²) >= 11 is 2.70. The minimum Gasteiger partial charge on any atom is -0.463 e. The number of aromatic nitrogens is 3. The Kier molecular flexibility index (Phi) is 5.24. The molecular weight excluding hydrogens is 364 g/mol. The molecule has 5 N–H and O–H groups in total. The van der Waals surface area contributed by atoms with Crippen LogP contribution in [0, 0.1) is 0 Å². The average molecular weight is 380 g/mol. The number of H-pyrrole nitrogens is 1. The van der Waals surface area contributed by atoms with Gasteiger partial charge in [0.2, 0.25) is 11.1 Å². The lowest BCUT2D eigenvalue weighted by Gasteiger charge is -2.28. The highest BCUT2D eigenvalue weighted by Crippen LogP contribution is 2.32. The molecule has 0 saturated heterocycles. The molecule has 3 rings (SSSR count). The number of hydrogen-bond donors (Lipinski definition) is 4. The maximum atomic E-state index is 12.5. The van der Waals surface area contributed by atoms with Crippen LogP contribution >= 0.6 is 23.1 Å². The third-order valence-electron chi connectivity index (χ3n) is 3.30. The third-order valence-corrected chi connectivity index (χ3v) is 5.12. The van der Waals surface area contributed by atoms with Crippen LogP contribution in [0.4, 0.5) is 10.7 Å². The number of amides is 2. The number of nitrogens with one attached hydrogen (secondary N) is 3. The molecule has 0 fully saturated rings. The number of urea groups is 1. The summed E-state index contributed by atoms with van der Waals surface area (Å²) in [5.74, 6) is 0.0205. The topological polar surface area (TPSA) is 135 Å². The zero-order valence-electron chi connectivity index (χ0n) is 13.2. The van der Waals surface area contributed by atoms with Gasteiger partial charge in [-0.3, -0.25) is 0 Å². The fourth-order valence-corrected chi connectivity index (χ4v) is 3.87. The third kappa shape index (κ3) is 3.94. The fraction of sp³-hybridized carbons (Fsp3) is 0.286. The summed E-state index contributed by atoms with van der Waals surface area (Å²) in [6.45, 7) is 1.98. The van der Waals surface area contributed by atoms with Crippen LogP contribution in [0.5, 0.6) is 0 Å². The van der Waals surface area contributed by atoms with E-state index in [1.807, 2.05) is 17.5 Å². The van der Waals surface area contributed by atoms with E-state index in [4.69, 9.17) is 10.5 Å². The van der Waals surface area contributed by atoms with Gasteiger partial charge in [-0.15, -0.1) is 16.4 Å². The predicted octanol–water partition coefficient (Wildman–Crippen LogP) is 1.41. The maximum absolute atomic E-state index is 12.5. The monoisotopic (exact) mass is 380 g/mol. The van der Waals surface area contributed by atoms with Gasteiger partial charge in [0.1, 0.15) is 0 Å². The molecule has 1 aliphatic heterocycles. The van der Waals surface area contributed by atoms with Crippen molar-refractivity contribution in [2.24, 2.45) is 0 Å². The number of nitrogens with zero attached hydrogens (tertiary/aromatic N) is 2. The minimum absolute atomic E-state index is 0.202. The Morgan fingerprint density at radius 2 is 2.36 bits per heavy atom. The second kappa shape index (κ2) is 7.57. The molecule has 1 unspecified atom stereocenters. The van der Waals surface area contributed by atoms with Crippen molar-refractivity contribution in [2.75, 3.05) is 18.1 Å². The Bertz CT molecular complexity index is 801. The molecule has 0 saturated carbocycles. The highest BCUT2D eigenvalue weighted by molar-refractivity contribution is 7.99. The molecule has 11 heteroatoms. The van der Waals surface area contributed by atoms with Gasteiger partial charge in [0.25, 0.3) is 0 Å². The molecule has 0 spiro atoms. The van der Waals surface area contributed by atoms with Crippen LogP contribution in [0.25, 0.3) is 0 Å². The van der Waals surface area contributed by atoms with E-state index in [0.717, 1.165) is 4.88 Å². The van der Waals surface area contributed by atoms with E-state index in [9.17, 15) is 9.59 Å². The molecule has 3 heterocycles.